The molecule has 2 N–H and O–H groups in total. The van der Waals surface area contributed by atoms with Crippen LogP contribution in [0.5, 0.6) is 0 Å². The van der Waals surface area contributed by atoms with Crippen molar-refractivity contribution in [2.45, 2.75) is 39.7 Å². The number of aromatic nitrogens is 3. The number of carbonyl (C=O) groups excluding carboxylic acids is 1. The van der Waals surface area contributed by atoms with Gasteiger partial charge >= 0.3 is 0 Å². The molecule has 2 aliphatic rings. The number of nitrogens with zero attached hydrogens (tertiary/aromatic N) is 4. The maximum Gasteiger partial charge on any atom is 0.226 e. The van der Waals surface area contributed by atoms with E-state index < -0.39 is 0 Å². The fourth-order valence-corrected chi connectivity index (χ4v) is 3.67. The molecule has 0 radical (unpaired) electrons. The van der Waals surface area contributed by atoms with Crippen molar-refractivity contribution in [1.29, 1.82) is 0 Å². The predicted molar refractivity (Wildman–Crippen MR) is 101 cm³/mol. The average Bonchev–Trinajstić information content (AvgIpc) is 2.89. The van der Waals surface area contributed by atoms with Gasteiger partial charge in [0.1, 0.15) is 5.82 Å². The molecule has 1 unspecified atom stereocenters. The molecule has 0 aromatic carbocycles. The van der Waals surface area contributed by atoms with E-state index in [1.54, 1.807) is 6.20 Å². The van der Waals surface area contributed by atoms with Crippen molar-refractivity contribution in [3.05, 3.63) is 23.5 Å². The molecule has 1 fully saturated rings. The van der Waals surface area contributed by atoms with Crippen LogP contribution < -0.4 is 15.5 Å². The van der Waals surface area contributed by atoms with E-state index in [2.05, 4.69) is 41.4 Å². The molecular formula is C19H28N6O. The monoisotopic (exact) mass is 356 g/mol. The highest BCUT2D eigenvalue weighted by Gasteiger charge is 2.36. The Morgan fingerprint density at radius 3 is 2.81 bits per heavy atom. The number of rotatable bonds is 4. The second-order valence-electron chi connectivity index (χ2n) is 7.86. The molecule has 0 saturated carbocycles. The molecule has 0 aliphatic carbocycles. The molecule has 2 aromatic rings. The van der Waals surface area contributed by atoms with Crippen LogP contribution in [0.3, 0.4) is 0 Å². The molecule has 1 atom stereocenters. The lowest BCUT2D eigenvalue weighted by Gasteiger charge is -2.41. The third-order valence-corrected chi connectivity index (χ3v) is 5.70. The highest BCUT2D eigenvalue weighted by Crippen LogP contribution is 2.31. The number of anilines is 1. The standard InChI is InChI=1S/C19H28N6O/c1-12(2)13(3)22-18(26)14-10-24(11-14)19-15-4-7-20-8-5-16(15)23-17-6-9-21-25(17)19/h6,9,12-14,20H,4-5,7-8,10-11H2,1-3H3,(H,22,26). The van der Waals surface area contributed by atoms with Crippen LogP contribution in [-0.4, -0.2) is 52.7 Å². The Balaban J connectivity index is 1.56. The van der Waals surface area contributed by atoms with E-state index in [-0.39, 0.29) is 17.9 Å². The minimum absolute atomic E-state index is 0.0505. The van der Waals surface area contributed by atoms with Crippen LogP contribution in [0.4, 0.5) is 5.82 Å². The number of amides is 1. The van der Waals surface area contributed by atoms with Crippen molar-refractivity contribution in [3.63, 3.8) is 0 Å². The van der Waals surface area contributed by atoms with Gasteiger partial charge < -0.3 is 15.5 Å². The Kier molecular flexibility index (Phi) is 4.56. The van der Waals surface area contributed by atoms with Crippen LogP contribution in [0.1, 0.15) is 32.0 Å². The second kappa shape index (κ2) is 6.87. The number of fused-ring (bicyclic) bond motifs is 2. The molecule has 7 heteroatoms. The summed E-state index contributed by atoms with van der Waals surface area (Å²) in [6, 6.07) is 2.16. The second-order valence-corrected chi connectivity index (χ2v) is 7.86. The van der Waals surface area contributed by atoms with Crippen molar-refractivity contribution in [2.75, 3.05) is 31.1 Å². The zero-order valence-corrected chi connectivity index (χ0v) is 15.8. The summed E-state index contributed by atoms with van der Waals surface area (Å²) in [5.74, 6) is 1.79. The van der Waals surface area contributed by atoms with E-state index in [4.69, 9.17) is 4.98 Å². The molecule has 1 saturated heterocycles. The highest BCUT2D eigenvalue weighted by atomic mass is 16.2. The van der Waals surface area contributed by atoms with Crippen molar-refractivity contribution >= 4 is 17.4 Å². The minimum atomic E-state index is 0.0505. The zero-order chi connectivity index (χ0) is 18.3. The summed E-state index contributed by atoms with van der Waals surface area (Å²) in [5, 5.41) is 11.1. The van der Waals surface area contributed by atoms with Crippen LogP contribution in [0.15, 0.2) is 12.3 Å². The molecule has 7 nitrogen and oxygen atoms in total. The zero-order valence-electron chi connectivity index (χ0n) is 15.8. The lowest BCUT2D eigenvalue weighted by atomic mass is 9.96. The van der Waals surface area contributed by atoms with Crippen molar-refractivity contribution in [3.8, 4) is 0 Å². The van der Waals surface area contributed by atoms with Gasteiger partial charge in [0, 0.05) is 43.7 Å². The lowest BCUT2D eigenvalue weighted by molar-refractivity contribution is -0.126. The van der Waals surface area contributed by atoms with Gasteiger partial charge in [-0.1, -0.05) is 13.8 Å². The van der Waals surface area contributed by atoms with Gasteiger partial charge in [-0.05, 0) is 25.8 Å². The Morgan fingerprint density at radius 1 is 1.27 bits per heavy atom. The first-order valence-corrected chi connectivity index (χ1v) is 9.66. The van der Waals surface area contributed by atoms with E-state index >= 15 is 0 Å². The van der Waals surface area contributed by atoms with Gasteiger partial charge in [0.15, 0.2) is 5.65 Å². The van der Waals surface area contributed by atoms with Crippen LogP contribution >= 0.6 is 0 Å². The minimum Gasteiger partial charge on any atom is -0.354 e. The molecule has 4 heterocycles. The molecule has 2 aromatic heterocycles. The molecule has 2 aliphatic heterocycles. The van der Waals surface area contributed by atoms with Gasteiger partial charge in [0.2, 0.25) is 5.91 Å². The molecule has 0 spiro atoms. The molecule has 26 heavy (non-hydrogen) atoms. The van der Waals surface area contributed by atoms with E-state index in [0.717, 1.165) is 50.5 Å². The summed E-state index contributed by atoms with van der Waals surface area (Å²) in [7, 11) is 0. The molecule has 1 amide bonds. The average molecular weight is 356 g/mol. The Morgan fingerprint density at radius 2 is 2.04 bits per heavy atom. The normalized spacial score (nSPS) is 19.2. The Bertz CT molecular complexity index is 808. The third-order valence-electron chi connectivity index (χ3n) is 5.70. The summed E-state index contributed by atoms with van der Waals surface area (Å²) in [4.78, 5) is 19.6. The number of hydrogen-bond donors (Lipinski definition) is 2. The topological polar surface area (TPSA) is 74.6 Å². The highest BCUT2D eigenvalue weighted by molar-refractivity contribution is 5.82. The largest absolute Gasteiger partial charge is 0.354 e. The molecule has 4 rings (SSSR count). The van der Waals surface area contributed by atoms with Gasteiger partial charge in [0.05, 0.1) is 17.8 Å². The molecule has 0 bridgehead atoms. The lowest BCUT2D eigenvalue weighted by Crippen LogP contribution is -2.56. The summed E-state index contributed by atoms with van der Waals surface area (Å²) < 4.78 is 1.94. The SMILES string of the molecule is CC(C)C(C)NC(=O)C1CN(c2c3c(nc4ccnn24)CCNCC3)C1. The fraction of sp³-hybridized carbons (Fsp3) is 0.632. The molecule has 140 valence electrons. The smallest absolute Gasteiger partial charge is 0.226 e. The third kappa shape index (κ3) is 3.05. The van der Waals surface area contributed by atoms with Gasteiger partial charge in [-0.2, -0.15) is 9.61 Å². The van der Waals surface area contributed by atoms with Crippen molar-refractivity contribution < 1.29 is 4.79 Å². The van der Waals surface area contributed by atoms with Crippen LogP contribution in [0, 0.1) is 11.8 Å². The van der Waals surface area contributed by atoms with Crippen LogP contribution in [0.25, 0.3) is 5.65 Å². The van der Waals surface area contributed by atoms with Crippen LogP contribution in [-0.2, 0) is 17.6 Å². The first-order valence-electron chi connectivity index (χ1n) is 9.66. The van der Waals surface area contributed by atoms with E-state index in [1.807, 2.05) is 10.6 Å². The summed E-state index contributed by atoms with van der Waals surface area (Å²) in [6.07, 6.45) is 3.69. The Hall–Kier alpha value is -2.15. The number of hydrogen-bond acceptors (Lipinski definition) is 5. The van der Waals surface area contributed by atoms with Gasteiger partial charge in [0.25, 0.3) is 0 Å². The van der Waals surface area contributed by atoms with Gasteiger partial charge in [-0.3, -0.25) is 4.79 Å². The summed E-state index contributed by atoms with van der Waals surface area (Å²) in [5.41, 5.74) is 3.34. The van der Waals surface area contributed by atoms with Crippen molar-refractivity contribution in [1.82, 2.24) is 25.2 Å². The van der Waals surface area contributed by atoms with Crippen LogP contribution in [0.2, 0.25) is 0 Å². The predicted octanol–water partition coefficient (Wildman–Crippen LogP) is 1.01. The quantitative estimate of drug-likeness (QED) is 0.855. The summed E-state index contributed by atoms with van der Waals surface area (Å²) in [6.45, 7) is 9.74. The van der Waals surface area contributed by atoms with E-state index in [0.29, 0.717) is 5.92 Å². The number of nitrogens with one attached hydrogen (secondary N) is 2. The maximum atomic E-state index is 12.5. The van der Waals surface area contributed by atoms with Gasteiger partial charge in [-0.15, -0.1) is 0 Å². The first-order chi connectivity index (χ1) is 12.5. The maximum absolute atomic E-state index is 12.5. The van der Waals surface area contributed by atoms with E-state index in [1.165, 1.54) is 11.3 Å². The number of carbonyl (C=O) groups is 1. The Labute approximate surface area is 154 Å². The molecular weight excluding hydrogens is 328 g/mol. The first kappa shape index (κ1) is 17.3. The van der Waals surface area contributed by atoms with Crippen molar-refractivity contribution in [2.24, 2.45) is 11.8 Å². The van der Waals surface area contributed by atoms with Gasteiger partial charge in [-0.25, -0.2) is 4.98 Å². The summed E-state index contributed by atoms with van der Waals surface area (Å²) >= 11 is 0. The van der Waals surface area contributed by atoms with E-state index in [9.17, 15) is 4.79 Å². The fourth-order valence-electron chi connectivity index (χ4n) is 3.67.